The molecule has 1 unspecified atom stereocenters. The van der Waals surface area contributed by atoms with E-state index in [2.05, 4.69) is 44.8 Å². The van der Waals surface area contributed by atoms with Crippen LogP contribution in [-0.2, 0) is 0 Å². The molecule has 12 heavy (non-hydrogen) atoms. The summed E-state index contributed by atoms with van der Waals surface area (Å²) < 4.78 is 0. The Labute approximate surface area is 76.6 Å². The van der Waals surface area contributed by atoms with Crippen molar-refractivity contribution < 1.29 is 0 Å². The van der Waals surface area contributed by atoms with Gasteiger partial charge in [0.2, 0.25) is 0 Å². The SMILES string of the molecule is C/C=C\CCC(C)=NC(C)CC. The molecule has 1 atom stereocenters. The first-order valence-electron chi connectivity index (χ1n) is 4.85. The van der Waals surface area contributed by atoms with Crippen LogP contribution in [0.5, 0.6) is 0 Å². The van der Waals surface area contributed by atoms with Gasteiger partial charge in [-0.3, -0.25) is 4.99 Å². The highest BCUT2D eigenvalue weighted by Crippen LogP contribution is 2.00. The minimum Gasteiger partial charge on any atom is -0.291 e. The molecular formula is C11H21N. The average Bonchev–Trinajstić information content (AvgIpc) is 2.05. The van der Waals surface area contributed by atoms with Crippen molar-refractivity contribution in [3.05, 3.63) is 12.2 Å². The fourth-order valence-electron chi connectivity index (χ4n) is 0.991. The first-order valence-corrected chi connectivity index (χ1v) is 4.85. The highest BCUT2D eigenvalue weighted by atomic mass is 14.8. The molecule has 0 aliphatic carbocycles. The highest BCUT2D eigenvalue weighted by molar-refractivity contribution is 5.82. The summed E-state index contributed by atoms with van der Waals surface area (Å²) in [6.07, 6.45) is 7.66. The Morgan fingerprint density at radius 2 is 2.17 bits per heavy atom. The predicted octanol–water partition coefficient (Wildman–Crippen LogP) is 3.60. The minimum absolute atomic E-state index is 0.496. The van der Waals surface area contributed by atoms with Gasteiger partial charge in [0.1, 0.15) is 0 Å². The van der Waals surface area contributed by atoms with Crippen LogP contribution < -0.4 is 0 Å². The lowest BCUT2D eigenvalue weighted by Crippen LogP contribution is -2.00. The van der Waals surface area contributed by atoms with Crippen LogP contribution in [0.2, 0.25) is 0 Å². The van der Waals surface area contributed by atoms with E-state index in [-0.39, 0.29) is 0 Å². The molecule has 70 valence electrons. The van der Waals surface area contributed by atoms with Crippen molar-refractivity contribution in [1.82, 2.24) is 0 Å². The largest absolute Gasteiger partial charge is 0.291 e. The van der Waals surface area contributed by atoms with Gasteiger partial charge in [0.15, 0.2) is 0 Å². The molecule has 1 heteroatoms. The van der Waals surface area contributed by atoms with E-state index in [4.69, 9.17) is 0 Å². The molecule has 0 saturated carbocycles. The van der Waals surface area contributed by atoms with Crippen LogP contribution in [0.25, 0.3) is 0 Å². The Bertz CT molecular complexity index is 156. The van der Waals surface area contributed by atoms with Gasteiger partial charge in [-0.05, 0) is 40.0 Å². The molecule has 0 fully saturated rings. The molecule has 0 saturated heterocycles. The van der Waals surface area contributed by atoms with Crippen LogP contribution >= 0.6 is 0 Å². The summed E-state index contributed by atoms with van der Waals surface area (Å²) in [5.41, 5.74) is 1.28. The fraction of sp³-hybridized carbons (Fsp3) is 0.727. The first kappa shape index (κ1) is 11.4. The average molecular weight is 167 g/mol. The van der Waals surface area contributed by atoms with Crippen molar-refractivity contribution in [2.45, 2.75) is 53.0 Å². The summed E-state index contributed by atoms with van der Waals surface area (Å²) in [6.45, 7) is 8.52. The van der Waals surface area contributed by atoms with E-state index < -0.39 is 0 Å². The van der Waals surface area contributed by atoms with Gasteiger partial charge >= 0.3 is 0 Å². The lowest BCUT2D eigenvalue weighted by atomic mass is 10.2. The Morgan fingerprint density at radius 3 is 2.67 bits per heavy atom. The number of hydrogen-bond donors (Lipinski definition) is 0. The van der Waals surface area contributed by atoms with Crippen LogP contribution in [0.3, 0.4) is 0 Å². The molecule has 0 aliphatic heterocycles. The van der Waals surface area contributed by atoms with Crippen LogP contribution in [0, 0.1) is 0 Å². The third-order valence-electron chi connectivity index (χ3n) is 1.94. The van der Waals surface area contributed by atoms with Gasteiger partial charge in [-0.15, -0.1) is 0 Å². The second-order valence-electron chi connectivity index (χ2n) is 3.23. The molecule has 0 aromatic carbocycles. The van der Waals surface area contributed by atoms with Crippen molar-refractivity contribution in [1.29, 1.82) is 0 Å². The van der Waals surface area contributed by atoms with Crippen molar-refractivity contribution in [3.63, 3.8) is 0 Å². The molecule has 1 nitrogen and oxygen atoms in total. The Kier molecular flexibility index (Phi) is 6.73. The minimum atomic E-state index is 0.496. The van der Waals surface area contributed by atoms with Gasteiger partial charge in [-0.1, -0.05) is 19.1 Å². The molecule has 0 radical (unpaired) electrons. The normalized spacial score (nSPS) is 15.5. The zero-order valence-electron chi connectivity index (χ0n) is 8.80. The molecule has 0 N–H and O–H groups in total. The molecule has 0 amide bonds. The molecule has 0 rings (SSSR count). The van der Waals surface area contributed by atoms with E-state index >= 15 is 0 Å². The zero-order chi connectivity index (χ0) is 9.40. The quantitative estimate of drug-likeness (QED) is 0.438. The fourth-order valence-corrected chi connectivity index (χ4v) is 0.991. The van der Waals surface area contributed by atoms with E-state index in [9.17, 15) is 0 Å². The molecule has 0 bridgehead atoms. The molecule has 0 aromatic rings. The number of hydrogen-bond acceptors (Lipinski definition) is 1. The second-order valence-corrected chi connectivity index (χ2v) is 3.23. The van der Waals surface area contributed by atoms with Gasteiger partial charge < -0.3 is 0 Å². The van der Waals surface area contributed by atoms with Gasteiger partial charge in [-0.25, -0.2) is 0 Å². The first-order chi connectivity index (χ1) is 5.70. The van der Waals surface area contributed by atoms with Crippen LogP contribution in [0.4, 0.5) is 0 Å². The maximum Gasteiger partial charge on any atom is 0.0468 e. The van der Waals surface area contributed by atoms with Gasteiger partial charge in [0.25, 0.3) is 0 Å². The standard InChI is InChI=1S/C11H21N/c1-5-7-8-9-11(4)12-10(3)6-2/h5,7,10H,6,8-9H2,1-4H3/b7-5-,12-11?. The Hall–Kier alpha value is -0.590. The highest BCUT2D eigenvalue weighted by Gasteiger charge is 1.95. The van der Waals surface area contributed by atoms with Crippen LogP contribution in [0.1, 0.15) is 47.0 Å². The number of allylic oxidation sites excluding steroid dienone is 2. The Balaban J connectivity index is 3.69. The lowest BCUT2D eigenvalue weighted by Gasteiger charge is -2.03. The van der Waals surface area contributed by atoms with E-state index in [1.807, 2.05) is 0 Å². The summed E-state index contributed by atoms with van der Waals surface area (Å²) in [7, 11) is 0. The zero-order valence-corrected chi connectivity index (χ0v) is 8.80. The summed E-state index contributed by atoms with van der Waals surface area (Å²) in [5, 5.41) is 0. The smallest absolute Gasteiger partial charge is 0.0468 e. The monoisotopic (exact) mass is 167 g/mol. The molecule has 0 spiro atoms. The summed E-state index contributed by atoms with van der Waals surface area (Å²) >= 11 is 0. The van der Waals surface area contributed by atoms with E-state index in [1.54, 1.807) is 0 Å². The Morgan fingerprint density at radius 1 is 1.50 bits per heavy atom. The van der Waals surface area contributed by atoms with Crippen LogP contribution in [0.15, 0.2) is 17.1 Å². The van der Waals surface area contributed by atoms with Crippen LogP contribution in [-0.4, -0.2) is 11.8 Å². The third-order valence-corrected chi connectivity index (χ3v) is 1.94. The molecule has 0 aliphatic rings. The number of aliphatic imine (C=N–C) groups is 1. The number of nitrogens with zero attached hydrogens (tertiary/aromatic N) is 1. The van der Waals surface area contributed by atoms with Crippen molar-refractivity contribution in [3.8, 4) is 0 Å². The van der Waals surface area contributed by atoms with Crippen molar-refractivity contribution >= 4 is 5.71 Å². The van der Waals surface area contributed by atoms with Gasteiger partial charge in [-0.2, -0.15) is 0 Å². The maximum absolute atomic E-state index is 4.55. The van der Waals surface area contributed by atoms with Gasteiger partial charge in [0.05, 0.1) is 0 Å². The molecule has 0 aromatic heterocycles. The predicted molar refractivity (Wildman–Crippen MR) is 56.9 cm³/mol. The van der Waals surface area contributed by atoms with E-state index in [0.29, 0.717) is 6.04 Å². The number of rotatable bonds is 5. The summed E-state index contributed by atoms with van der Waals surface area (Å²) in [5.74, 6) is 0. The van der Waals surface area contributed by atoms with Crippen molar-refractivity contribution in [2.24, 2.45) is 4.99 Å². The topological polar surface area (TPSA) is 12.4 Å². The van der Waals surface area contributed by atoms with Crippen molar-refractivity contribution in [2.75, 3.05) is 0 Å². The summed E-state index contributed by atoms with van der Waals surface area (Å²) in [4.78, 5) is 4.55. The maximum atomic E-state index is 4.55. The van der Waals surface area contributed by atoms with E-state index in [1.165, 1.54) is 5.71 Å². The summed E-state index contributed by atoms with van der Waals surface area (Å²) in [6, 6.07) is 0.496. The second kappa shape index (κ2) is 7.08. The lowest BCUT2D eigenvalue weighted by molar-refractivity contribution is 0.713. The third kappa shape index (κ3) is 6.14. The van der Waals surface area contributed by atoms with Gasteiger partial charge in [0, 0.05) is 11.8 Å². The molecule has 0 heterocycles. The van der Waals surface area contributed by atoms with E-state index in [0.717, 1.165) is 19.3 Å². The molecular weight excluding hydrogens is 146 g/mol.